The molecule has 0 aromatic rings. The first-order chi connectivity index (χ1) is 13.5. The van der Waals surface area contributed by atoms with E-state index in [0.717, 1.165) is 19.5 Å². The van der Waals surface area contributed by atoms with Crippen molar-refractivity contribution in [3.8, 4) is 0 Å². The van der Waals surface area contributed by atoms with Crippen molar-refractivity contribution in [1.29, 1.82) is 0 Å². The largest absolute Gasteiger partial charge is 0.458 e. The van der Waals surface area contributed by atoms with E-state index in [1.807, 2.05) is 36.3 Å². The van der Waals surface area contributed by atoms with Gasteiger partial charge in [-0.3, -0.25) is 0 Å². The fourth-order valence-electron chi connectivity index (χ4n) is 2.01. The zero-order chi connectivity index (χ0) is 22.4. The fourth-order valence-corrected chi connectivity index (χ4v) is 2.01. The summed E-state index contributed by atoms with van der Waals surface area (Å²) in [7, 11) is 3.87. The van der Waals surface area contributed by atoms with Crippen molar-refractivity contribution in [3.63, 3.8) is 0 Å². The minimum absolute atomic E-state index is 0.0674. The summed E-state index contributed by atoms with van der Waals surface area (Å²) >= 11 is 0. The van der Waals surface area contributed by atoms with Gasteiger partial charge in [0.1, 0.15) is 11.4 Å². The lowest BCUT2D eigenvalue weighted by Crippen LogP contribution is -2.20. The molecule has 8 nitrogen and oxygen atoms in total. The Morgan fingerprint density at radius 2 is 1.14 bits per heavy atom. The quantitative estimate of drug-likeness (QED) is 0.286. The summed E-state index contributed by atoms with van der Waals surface area (Å²) in [6, 6.07) is 0. The summed E-state index contributed by atoms with van der Waals surface area (Å²) in [6.45, 7) is 8.72. The highest BCUT2D eigenvalue weighted by atomic mass is 16.5. The minimum atomic E-state index is -0.520. The van der Waals surface area contributed by atoms with E-state index in [2.05, 4.69) is 0 Å². The van der Waals surface area contributed by atoms with Gasteiger partial charge in [0.25, 0.3) is 0 Å². The van der Waals surface area contributed by atoms with Gasteiger partial charge >= 0.3 is 11.9 Å². The number of nitrogens with two attached hydrogens (primary N) is 2. The molecule has 0 aromatic heterocycles. The maximum absolute atomic E-state index is 11.6. The maximum atomic E-state index is 11.6. The zero-order valence-corrected chi connectivity index (χ0v) is 18.4. The Balaban J connectivity index is 4.28. The molecule has 0 unspecified atom stereocenters. The van der Waals surface area contributed by atoms with E-state index in [1.54, 1.807) is 39.8 Å². The number of ether oxygens (including phenoxy) is 2. The number of hydrogen-bond acceptors (Lipinski definition) is 8. The van der Waals surface area contributed by atoms with E-state index in [0.29, 0.717) is 0 Å². The lowest BCUT2D eigenvalue weighted by atomic mass is 10.3. The minimum Gasteiger partial charge on any atom is -0.458 e. The van der Waals surface area contributed by atoms with Crippen molar-refractivity contribution in [3.05, 3.63) is 48.1 Å². The van der Waals surface area contributed by atoms with Crippen molar-refractivity contribution >= 4 is 11.9 Å². The second-order valence-corrected chi connectivity index (χ2v) is 7.15. The lowest BCUT2D eigenvalue weighted by Gasteiger charge is -2.17. The van der Waals surface area contributed by atoms with Crippen LogP contribution in [0.5, 0.6) is 0 Å². The first-order valence-corrected chi connectivity index (χ1v) is 9.63. The molecule has 0 rings (SSSR count). The average Bonchev–Trinajstić information content (AvgIpc) is 2.60. The van der Waals surface area contributed by atoms with Crippen molar-refractivity contribution in [2.75, 3.05) is 27.2 Å². The summed E-state index contributed by atoms with van der Waals surface area (Å²) in [5.41, 5.74) is 11.5. The van der Waals surface area contributed by atoms with E-state index < -0.39 is 11.9 Å². The molecule has 0 spiro atoms. The number of hydrogen-bond donors (Lipinski definition) is 2. The standard InChI is InChI=1S/C21H36N4O4/c1-16(2)28-20(26)18(22)10-7-12-24(5)14-9-15-25(6)13-8-11-19(23)21(27)29-17(3)4/h7-8,10-13,16-17H,9,14-15,22-23H2,1-6H3/b12-7+,13-8+,18-10-,19-11-. The number of carbonyl (C=O) groups excluding carboxylic acids is 2. The molecule has 0 bridgehead atoms. The second-order valence-electron chi connectivity index (χ2n) is 7.15. The first-order valence-electron chi connectivity index (χ1n) is 9.63. The van der Waals surface area contributed by atoms with Gasteiger partial charge in [0.05, 0.1) is 12.2 Å². The predicted molar refractivity (Wildman–Crippen MR) is 115 cm³/mol. The molecule has 0 heterocycles. The molecule has 0 aliphatic heterocycles. The summed E-state index contributed by atoms with van der Waals surface area (Å²) in [6.07, 6.45) is 10.7. The maximum Gasteiger partial charge on any atom is 0.354 e. The van der Waals surface area contributed by atoms with Gasteiger partial charge in [-0.2, -0.15) is 0 Å². The van der Waals surface area contributed by atoms with Crippen LogP contribution in [0.4, 0.5) is 0 Å². The fraction of sp³-hybridized carbons (Fsp3) is 0.524. The van der Waals surface area contributed by atoms with Gasteiger partial charge in [-0.25, -0.2) is 9.59 Å². The Hall–Kier alpha value is -2.90. The predicted octanol–water partition coefficient (Wildman–Crippen LogP) is 1.86. The molecule has 0 aliphatic carbocycles. The zero-order valence-electron chi connectivity index (χ0n) is 18.4. The van der Waals surface area contributed by atoms with Crippen LogP contribution in [0.3, 0.4) is 0 Å². The van der Waals surface area contributed by atoms with Crippen molar-refractivity contribution in [2.24, 2.45) is 11.5 Å². The Morgan fingerprint density at radius 1 is 0.793 bits per heavy atom. The first kappa shape index (κ1) is 26.1. The van der Waals surface area contributed by atoms with Gasteiger partial charge in [0.15, 0.2) is 0 Å². The van der Waals surface area contributed by atoms with Crippen LogP contribution in [0, 0.1) is 0 Å². The molecule has 0 fully saturated rings. The highest BCUT2D eigenvalue weighted by Gasteiger charge is 2.08. The molecule has 29 heavy (non-hydrogen) atoms. The molecule has 0 saturated carbocycles. The summed E-state index contributed by atoms with van der Waals surface area (Å²) in [4.78, 5) is 27.1. The molecule has 164 valence electrons. The Kier molecular flexibility index (Phi) is 12.7. The summed E-state index contributed by atoms with van der Waals surface area (Å²) < 4.78 is 10.0. The van der Waals surface area contributed by atoms with E-state index in [-0.39, 0.29) is 23.6 Å². The summed E-state index contributed by atoms with van der Waals surface area (Å²) in [5.74, 6) is -1.04. The number of nitrogens with zero attached hydrogens (tertiary/aromatic N) is 2. The van der Waals surface area contributed by atoms with Crippen LogP contribution in [-0.2, 0) is 19.1 Å². The average molecular weight is 409 g/mol. The third-order valence-corrected chi connectivity index (χ3v) is 3.41. The SMILES string of the molecule is CC(C)OC(=O)/C(N)=C/C=C/N(C)CCCN(C)/C=C/C=C(\N)C(=O)OC(C)C. The molecular weight excluding hydrogens is 372 g/mol. The normalized spacial score (nSPS) is 12.8. The van der Waals surface area contributed by atoms with Gasteiger partial charge < -0.3 is 30.7 Å². The summed E-state index contributed by atoms with van der Waals surface area (Å²) in [5, 5.41) is 0. The Labute approximate surface area is 174 Å². The highest BCUT2D eigenvalue weighted by Crippen LogP contribution is 1.99. The van der Waals surface area contributed by atoms with Crippen LogP contribution in [0.15, 0.2) is 48.1 Å². The van der Waals surface area contributed by atoms with E-state index in [4.69, 9.17) is 20.9 Å². The van der Waals surface area contributed by atoms with Crippen molar-refractivity contribution < 1.29 is 19.1 Å². The van der Waals surface area contributed by atoms with Crippen LogP contribution in [0.2, 0.25) is 0 Å². The Morgan fingerprint density at radius 3 is 1.45 bits per heavy atom. The number of esters is 2. The van der Waals surface area contributed by atoms with Gasteiger partial charge in [-0.05, 0) is 70.8 Å². The third kappa shape index (κ3) is 13.8. The molecule has 0 saturated heterocycles. The van der Waals surface area contributed by atoms with Gasteiger partial charge in [-0.1, -0.05) is 0 Å². The van der Waals surface area contributed by atoms with Gasteiger partial charge in [0.2, 0.25) is 0 Å². The van der Waals surface area contributed by atoms with Crippen LogP contribution >= 0.6 is 0 Å². The highest BCUT2D eigenvalue weighted by molar-refractivity contribution is 5.88. The van der Waals surface area contributed by atoms with Crippen molar-refractivity contribution in [2.45, 2.75) is 46.3 Å². The third-order valence-electron chi connectivity index (χ3n) is 3.41. The van der Waals surface area contributed by atoms with Crippen LogP contribution < -0.4 is 11.5 Å². The van der Waals surface area contributed by atoms with Crippen LogP contribution in [-0.4, -0.2) is 61.1 Å². The van der Waals surface area contributed by atoms with E-state index in [9.17, 15) is 9.59 Å². The number of rotatable bonds is 12. The molecule has 8 heteroatoms. The molecule has 0 aromatic carbocycles. The molecular formula is C21H36N4O4. The molecule has 0 radical (unpaired) electrons. The lowest BCUT2D eigenvalue weighted by molar-refractivity contribution is -0.143. The molecule has 4 N–H and O–H groups in total. The topological polar surface area (TPSA) is 111 Å². The monoisotopic (exact) mass is 408 g/mol. The van der Waals surface area contributed by atoms with E-state index in [1.165, 1.54) is 12.2 Å². The van der Waals surface area contributed by atoms with Crippen molar-refractivity contribution in [1.82, 2.24) is 9.80 Å². The van der Waals surface area contributed by atoms with E-state index >= 15 is 0 Å². The molecule has 0 amide bonds. The van der Waals surface area contributed by atoms with Crippen LogP contribution in [0.1, 0.15) is 34.1 Å². The Bertz CT molecular complexity index is 583. The second kappa shape index (κ2) is 14.1. The van der Waals surface area contributed by atoms with Crippen LogP contribution in [0.25, 0.3) is 0 Å². The van der Waals surface area contributed by atoms with Gasteiger partial charge in [-0.15, -0.1) is 0 Å². The molecule has 0 aliphatic rings. The smallest absolute Gasteiger partial charge is 0.354 e. The van der Waals surface area contributed by atoms with Gasteiger partial charge in [0, 0.05) is 27.2 Å². The molecule has 0 atom stereocenters. The number of carbonyl (C=O) groups is 2. The number of allylic oxidation sites excluding steroid dienone is 4.